The normalized spacial score (nSPS) is 12.5. The zero-order valence-electron chi connectivity index (χ0n) is 12.5. The Morgan fingerprint density at radius 1 is 1.25 bits per heavy atom. The third kappa shape index (κ3) is 5.43. The highest BCUT2D eigenvalue weighted by Gasteiger charge is 1.97. The van der Waals surface area contributed by atoms with Crippen LogP contribution in [0.4, 0.5) is 5.69 Å². The fourth-order valence-corrected chi connectivity index (χ4v) is 2.51. The second-order valence-corrected chi connectivity index (χ2v) is 5.97. The maximum absolute atomic E-state index is 4.50. The SMILES string of the molecule is C=C(C=Nc1ccc(SC)cc1C)/C=C\C(=C/C)SC. The van der Waals surface area contributed by atoms with Crippen molar-refractivity contribution in [1.82, 2.24) is 0 Å². The highest BCUT2D eigenvalue weighted by molar-refractivity contribution is 8.02. The Hall–Kier alpha value is -1.19. The molecule has 0 aliphatic carbocycles. The van der Waals surface area contributed by atoms with E-state index >= 15 is 0 Å². The Kier molecular flexibility index (Phi) is 7.48. The minimum absolute atomic E-state index is 0.895. The number of rotatable bonds is 6. The molecule has 0 unspecified atom stereocenters. The molecule has 1 aromatic carbocycles. The number of aliphatic imine (C=N–C) groups is 1. The van der Waals surface area contributed by atoms with Crippen LogP contribution in [0.25, 0.3) is 0 Å². The zero-order valence-corrected chi connectivity index (χ0v) is 14.1. The van der Waals surface area contributed by atoms with Crippen LogP contribution in [0, 0.1) is 6.92 Å². The second kappa shape index (κ2) is 8.88. The number of benzene rings is 1. The Bertz CT molecular complexity index is 554. The van der Waals surface area contributed by atoms with Gasteiger partial charge in [0.15, 0.2) is 0 Å². The number of aryl methyl sites for hydroxylation is 1. The van der Waals surface area contributed by atoms with E-state index in [4.69, 9.17) is 0 Å². The van der Waals surface area contributed by atoms with Crippen molar-refractivity contribution in [2.75, 3.05) is 12.5 Å². The Morgan fingerprint density at radius 3 is 2.55 bits per heavy atom. The first-order valence-electron chi connectivity index (χ1n) is 6.36. The van der Waals surface area contributed by atoms with E-state index in [0.717, 1.165) is 11.3 Å². The lowest BCUT2D eigenvalue weighted by Gasteiger charge is -2.02. The topological polar surface area (TPSA) is 12.4 Å². The summed E-state index contributed by atoms with van der Waals surface area (Å²) in [6.45, 7) is 8.11. The summed E-state index contributed by atoms with van der Waals surface area (Å²) in [7, 11) is 0. The Balaban J connectivity index is 2.75. The van der Waals surface area contributed by atoms with Gasteiger partial charge in [-0.05, 0) is 61.8 Å². The van der Waals surface area contributed by atoms with Crippen molar-refractivity contribution in [3.8, 4) is 0 Å². The summed E-state index contributed by atoms with van der Waals surface area (Å²) in [6, 6.07) is 6.30. The van der Waals surface area contributed by atoms with Gasteiger partial charge in [0.25, 0.3) is 0 Å². The molecule has 0 saturated carbocycles. The lowest BCUT2D eigenvalue weighted by Crippen LogP contribution is -1.80. The fraction of sp³-hybridized carbons (Fsp3) is 0.235. The molecule has 0 aliphatic heterocycles. The molecule has 0 bridgehead atoms. The standard InChI is InChI=1S/C17H21NS2/c1-6-15(19-4)8-7-13(2)12-18-17-10-9-16(20-5)11-14(17)3/h6-12H,2H2,1,3-5H3/b8-7-,15-6+,18-12?. The van der Waals surface area contributed by atoms with Crippen LogP contribution in [0.1, 0.15) is 12.5 Å². The molecule has 0 saturated heterocycles. The van der Waals surface area contributed by atoms with Gasteiger partial charge in [0, 0.05) is 16.0 Å². The van der Waals surface area contributed by atoms with Gasteiger partial charge in [-0.3, -0.25) is 4.99 Å². The highest BCUT2D eigenvalue weighted by Crippen LogP contribution is 2.24. The molecule has 0 fully saturated rings. The molecule has 0 atom stereocenters. The molecule has 0 amide bonds. The average molecular weight is 303 g/mol. The van der Waals surface area contributed by atoms with Crippen LogP contribution in [0.3, 0.4) is 0 Å². The number of thioether (sulfide) groups is 2. The Morgan fingerprint density at radius 2 is 2.00 bits per heavy atom. The molecule has 1 rings (SSSR count). The first-order chi connectivity index (χ1) is 9.60. The number of allylic oxidation sites excluding steroid dienone is 4. The lowest BCUT2D eigenvalue weighted by atomic mass is 10.2. The summed E-state index contributed by atoms with van der Waals surface area (Å²) in [5.74, 6) is 0. The van der Waals surface area contributed by atoms with Gasteiger partial charge in [-0.15, -0.1) is 23.5 Å². The first kappa shape index (κ1) is 16.9. The van der Waals surface area contributed by atoms with Crippen molar-refractivity contribution >= 4 is 35.4 Å². The van der Waals surface area contributed by atoms with E-state index in [1.165, 1.54) is 15.4 Å². The minimum Gasteiger partial charge on any atom is -0.256 e. The van der Waals surface area contributed by atoms with E-state index in [1.54, 1.807) is 23.5 Å². The maximum atomic E-state index is 4.50. The molecule has 0 radical (unpaired) electrons. The van der Waals surface area contributed by atoms with Crippen LogP contribution >= 0.6 is 23.5 Å². The van der Waals surface area contributed by atoms with E-state index in [9.17, 15) is 0 Å². The number of nitrogens with zero attached hydrogens (tertiary/aromatic N) is 1. The summed E-state index contributed by atoms with van der Waals surface area (Å²) in [4.78, 5) is 6.98. The summed E-state index contributed by atoms with van der Waals surface area (Å²) >= 11 is 3.46. The molecule has 1 aromatic rings. The first-order valence-corrected chi connectivity index (χ1v) is 8.81. The van der Waals surface area contributed by atoms with E-state index in [2.05, 4.69) is 55.3 Å². The predicted octanol–water partition coefficient (Wildman–Crippen LogP) is 5.80. The van der Waals surface area contributed by atoms with Crippen molar-refractivity contribution < 1.29 is 0 Å². The van der Waals surface area contributed by atoms with Crippen LogP contribution in [-0.2, 0) is 0 Å². The van der Waals surface area contributed by atoms with Gasteiger partial charge in [0.05, 0.1) is 5.69 Å². The third-order valence-corrected chi connectivity index (χ3v) is 4.32. The summed E-state index contributed by atoms with van der Waals surface area (Å²) in [5.41, 5.74) is 3.07. The molecule has 3 heteroatoms. The molecule has 0 aliphatic rings. The zero-order chi connectivity index (χ0) is 15.0. The molecule has 0 heterocycles. The largest absolute Gasteiger partial charge is 0.256 e. The molecular weight excluding hydrogens is 282 g/mol. The molecule has 106 valence electrons. The van der Waals surface area contributed by atoms with E-state index in [-0.39, 0.29) is 0 Å². The molecule has 0 spiro atoms. The second-order valence-electron chi connectivity index (χ2n) is 4.21. The van der Waals surface area contributed by atoms with Gasteiger partial charge in [-0.2, -0.15) is 0 Å². The monoisotopic (exact) mass is 303 g/mol. The third-order valence-electron chi connectivity index (χ3n) is 2.76. The minimum atomic E-state index is 0.895. The van der Waals surface area contributed by atoms with Gasteiger partial charge in [-0.1, -0.05) is 18.7 Å². The van der Waals surface area contributed by atoms with Crippen LogP contribution in [-0.4, -0.2) is 18.7 Å². The quantitative estimate of drug-likeness (QED) is 0.374. The summed E-state index contributed by atoms with van der Waals surface area (Å²) < 4.78 is 0. The highest BCUT2D eigenvalue weighted by atomic mass is 32.2. The number of hydrogen-bond donors (Lipinski definition) is 0. The van der Waals surface area contributed by atoms with Crippen molar-refractivity contribution in [3.05, 3.63) is 59.0 Å². The molecule has 1 nitrogen and oxygen atoms in total. The van der Waals surface area contributed by atoms with E-state index in [0.29, 0.717) is 0 Å². The van der Waals surface area contributed by atoms with Crippen molar-refractivity contribution in [1.29, 1.82) is 0 Å². The Labute approximate surface area is 131 Å². The van der Waals surface area contributed by atoms with Crippen LogP contribution in [0.5, 0.6) is 0 Å². The summed E-state index contributed by atoms with van der Waals surface area (Å²) in [6.07, 6.45) is 12.1. The molecule has 0 aromatic heterocycles. The molecule has 0 N–H and O–H groups in total. The van der Waals surface area contributed by atoms with Crippen LogP contribution in [0.2, 0.25) is 0 Å². The van der Waals surface area contributed by atoms with Crippen molar-refractivity contribution in [2.45, 2.75) is 18.7 Å². The van der Waals surface area contributed by atoms with Crippen molar-refractivity contribution in [2.24, 2.45) is 4.99 Å². The van der Waals surface area contributed by atoms with Gasteiger partial charge >= 0.3 is 0 Å². The summed E-state index contributed by atoms with van der Waals surface area (Å²) in [5, 5.41) is 0. The average Bonchev–Trinajstić information content (AvgIpc) is 2.46. The molecular formula is C17H21NS2. The predicted molar refractivity (Wildman–Crippen MR) is 96.7 cm³/mol. The van der Waals surface area contributed by atoms with Gasteiger partial charge in [-0.25, -0.2) is 0 Å². The lowest BCUT2D eigenvalue weighted by molar-refractivity contribution is 1.33. The molecule has 20 heavy (non-hydrogen) atoms. The van der Waals surface area contributed by atoms with E-state index in [1.807, 2.05) is 25.3 Å². The van der Waals surface area contributed by atoms with Crippen LogP contribution < -0.4 is 0 Å². The number of hydrogen-bond acceptors (Lipinski definition) is 3. The fourth-order valence-electron chi connectivity index (χ4n) is 1.57. The van der Waals surface area contributed by atoms with Gasteiger partial charge in [0.1, 0.15) is 0 Å². The van der Waals surface area contributed by atoms with Crippen LogP contribution in [0.15, 0.2) is 63.4 Å². The van der Waals surface area contributed by atoms with E-state index < -0.39 is 0 Å². The van der Waals surface area contributed by atoms with Crippen molar-refractivity contribution in [3.63, 3.8) is 0 Å². The smallest absolute Gasteiger partial charge is 0.0659 e. The van der Waals surface area contributed by atoms with Gasteiger partial charge in [0.2, 0.25) is 0 Å². The maximum Gasteiger partial charge on any atom is 0.0659 e. The van der Waals surface area contributed by atoms with Gasteiger partial charge < -0.3 is 0 Å².